The van der Waals surface area contributed by atoms with Gasteiger partial charge in [-0.3, -0.25) is 0 Å². The van der Waals surface area contributed by atoms with Gasteiger partial charge in [0, 0.05) is 11.1 Å². The van der Waals surface area contributed by atoms with Crippen molar-refractivity contribution in [3.8, 4) is 22.3 Å². The standard InChI is InChI=1S/C18H9F5/c19-14-4-2-1-3-12(14)10-5-6-13(15(20)7-10)11-8-16(21)18(23)17(22)9-11/h1-9H. The highest BCUT2D eigenvalue weighted by atomic mass is 19.2. The fourth-order valence-electron chi connectivity index (χ4n) is 2.32. The lowest BCUT2D eigenvalue weighted by molar-refractivity contribution is 0.447. The summed E-state index contributed by atoms with van der Waals surface area (Å²) in [4.78, 5) is 0. The Labute approximate surface area is 128 Å². The second kappa shape index (κ2) is 5.83. The molecule has 3 rings (SSSR count). The van der Waals surface area contributed by atoms with Crippen molar-refractivity contribution >= 4 is 0 Å². The van der Waals surface area contributed by atoms with Crippen molar-refractivity contribution in [3.63, 3.8) is 0 Å². The van der Waals surface area contributed by atoms with Crippen LogP contribution in [-0.2, 0) is 0 Å². The molecule has 0 aliphatic heterocycles. The Kier molecular flexibility index (Phi) is 3.86. The summed E-state index contributed by atoms with van der Waals surface area (Å²) in [6.07, 6.45) is 0. The van der Waals surface area contributed by atoms with Gasteiger partial charge in [0.15, 0.2) is 17.5 Å². The zero-order chi connectivity index (χ0) is 16.6. The molecule has 3 aromatic carbocycles. The van der Waals surface area contributed by atoms with E-state index in [1.54, 1.807) is 6.07 Å². The maximum Gasteiger partial charge on any atom is 0.194 e. The molecule has 0 N–H and O–H groups in total. The zero-order valence-electron chi connectivity index (χ0n) is 11.6. The van der Waals surface area contributed by atoms with Crippen LogP contribution in [0.4, 0.5) is 22.0 Å². The first-order valence-corrected chi connectivity index (χ1v) is 6.66. The maximum absolute atomic E-state index is 14.3. The Hall–Kier alpha value is -2.69. The number of hydrogen-bond acceptors (Lipinski definition) is 0. The lowest BCUT2D eigenvalue weighted by Crippen LogP contribution is -1.94. The average molecular weight is 320 g/mol. The van der Waals surface area contributed by atoms with Gasteiger partial charge in [-0.05, 0) is 35.4 Å². The highest BCUT2D eigenvalue weighted by molar-refractivity contribution is 5.71. The van der Waals surface area contributed by atoms with Crippen molar-refractivity contribution in [2.45, 2.75) is 0 Å². The van der Waals surface area contributed by atoms with Gasteiger partial charge in [0.25, 0.3) is 0 Å². The smallest absolute Gasteiger partial charge is 0.194 e. The molecule has 5 heteroatoms. The summed E-state index contributed by atoms with van der Waals surface area (Å²) in [6.45, 7) is 0. The minimum absolute atomic E-state index is 0.108. The molecular weight excluding hydrogens is 311 g/mol. The molecule has 0 radical (unpaired) electrons. The fraction of sp³-hybridized carbons (Fsp3) is 0. The monoisotopic (exact) mass is 320 g/mol. The van der Waals surface area contributed by atoms with Gasteiger partial charge in [0.1, 0.15) is 11.6 Å². The number of hydrogen-bond donors (Lipinski definition) is 0. The topological polar surface area (TPSA) is 0 Å². The Morgan fingerprint density at radius 2 is 1.04 bits per heavy atom. The van der Waals surface area contributed by atoms with E-state index in [-0.39, 0.29) is 22.3 Å². The van der Waals surface area contributed by atoms with E-state index < -0.39 is 29.1 Å². The first kappa shape index (κ1) is 15.2. The van der Waals surface area contributed by atoms with Crippen LogP contribution in [0.15, 0.2) is 54.6 Å². The van der Waals surface area contributed by atoms with Crippen molar-refractivity contribution < 1.29 is 22.0 Å². The molecule has 23 heavy (non-hydrogen) atoms. The molecule has 3 aromatic rings. The van der Waals surface area contributed by atoms with Crippen molar-refractivity contribution in [2.24, 2.45) is 0 Å². The van der Waals surface area contributed by atoms with Crippen LogP contribution in [0.5, 0.6) is 0 Å². The third-order valence-corrected chi connectivity index (χ3v) is 3.45. The van der Waals surface area contributed by atoms with Gasteiger partial charge in [-0.15, -0.1) is 0 Å². The third kappa shape index (κ3) is 2.82. The van der Waals surface area contributed by atoms with E-state index in [9.17, 15) is 22.0 Å². The average Bonchev–Trinajstić information content (AvgIpc) is 2.52. The predicted molar refractivity (Wildman–Crippen MR) is 77.1 cm³/mol. The molecule has 0 bridgehead atoms. The minimum Gasteiger partial charge on any atom is -0.206 e. The van der Waals surface area contributed by atoms with Gasteiger partial charge in [0.2, 0.25) is 0 Å². The Morgan fingerprint density at radius 1 is 0.478 bits per heavy atom. The summed E-state index contributed by atoms with van der Waals surface area (Å²) in [5.74, 6) is -5.73. The molecule has 0 saturated heterocycles. The van der Waals surface area contributed by atoms with E-state index in [1.807, 2.05) is 0 Å². The van der Waals surface area contributed by atoms with Crippen molar-refractivity contribution in [1.29, 1.82) is 0 Å². The number of rotatable bonds is 2. The highest BCUT2D eigenvalue weighted by Crippen LogP contribution is 2.30. The largest absolute Gasteiger partial charge is 0.206 e. The van der Waals surface area contributed by atoms with Crippen LogP contribution in [0.2, 0.25) is 0 Å². The van der Waals surface area contributed by atoms with Gasteiger partial charge in [-0.25, -0.2) is 22.0 Å². The Bertz CT molecular complexity index is 863. The van der Waals surface area contributed by atoms with E-state index in [0.29, 0.717) is 12.1 Å². The second-order valence-electron chi connectivity index (χ2n) is 4.93. The Balaban J connectivity index is 2.09. The van der Waals surface area contributed by atoms with Gasteiger partial charge < -0.3 is 0 Å². The molecular formula is C18H9F5. The lowest BCUT2D eigenvalue weighted by Gasteiger charge is -2.08. The third-order valence-electron chi connectivity index (χ3n) is 3.45. The van der Waals surface area contributed by atoms with Crippen LogP contribution in [0, 0.1) is 29.1 Å². The van der Waals surface area contributed by atoms with Gasteiger partial charge >= 0.3 is 0 Å². The van der Waals surface area contributed by atoms with Gasteiger partial charge in [0.05, 0.1) is 0 Å². The van der Waals surface area contributed by atoms with Gasteiger partial charge in [-0.1, -0.05) is 30.3 Å². The summed E-state index contributed by atoms with van der Waals surface area (Å²) in [6, 6.07) is 11.0. The van der Waals surface area contributed by atoms with Gasteiger partial charge in [-0.2, -0.15) is 0 Å². The normalized spacial score (nSPS) is 10.8. The van der Waals surface area contributed by atoms with E-state index >= 15 is 0 Å². The minimum atomic E-state index is -1.61. The van der Waals surface area contributed by atoms with Crippen LogP contribution in [-0.4, -0.2) is 0 Å². The summed E-state index contributed by atoms with van der Waals surface area (Å²) in [7, 11) is 0. The fourth-order valence-corrected chi connectivity index (χ4v) is 2.32. The van der Waals surface area contributed by atoms with Crippen LogP contribution in [0.1, 0.15) is 0 Å². The molecule has 0 aliphatic rings. The van der Waals surface area contributed by atoms with E-state index in [0.717, 1.165) is 6.07 Å². The molecule has 0 spiro atoms. The van der Waals surface area contributed by atoms with Crippen molar-refractivity contribution in [3.05, 3.63) is 83.7 Å². The van der Waals surface area contributed by atoms with E-state index in [1.165, 1.54) is 30.3 Å². The SMILES string of the molecule is Fc1ccccc1-c1ccc(-c2cc(F)c(F)c(F)c2)c(F)c1. The molecule has 0 atom stereocenters. The van der Waals surface area contributed by atoms with Crippen LogP contribution >= 0.6 is 0 Å². The molecule has 116 valence electrons. The number of benzene rings is 3. The van der Waals surface area contributed by atoms with E-state index in [4.69, 9.17) is 0 Å². The summed E-state index contributed by atoms with van der Waals surface area (Å²) in [5, 5.41) is 0. The predicted octanol–water partition coefficient (Wildman–Crippen LogP) is 5.72. The molecule has 0 unspecified atom stereocenters. The maximum atomic E-state index is 14.3. The first-order chi connectivity index (χ1) is 11.0. The molecule has 0 amide bonds. The van der Waals surface area contributed by atoms with Crippen LogP contribution in [0.3, 0.4) is 0 Å². The molecule has 0 aromatic heterocycles. The summed E-state index contributed by atoms with van der Waals surface area (Å²) < 4.78 is 67.5. The Morgan fingerprint density at radius 3 is 1.65 bits per heavy atom. The molecule has 0 heterocycles. The van der Waals surface area contributed by atoms with Crippen LogP contribution in [0.25, 0.3) is 22.3 Å². The summed E-state index contributed by atoms with van der Waals surface area (Å²) in [5.41, 5.74) is 0.240. The highest BCUT2D eigenvalue weighted by Gasteiger charge is 2.15. The first-order valence-electron chi connectivity index (χ1n) is 6.66. The second-order valence-corrected chi connectivity index (χ2v) is 4.93. The molecule has 0 aliphatic carbocycles. The quantitative estimate of drug-likeness (QED) is 0.419. The van der Waals surface area contributed by atoms with E-state index in [2.05, 4.69) is 0 Å². The molecule has 0 saturated carbocycles. The summed E-state index contributed by atoms with van der Waals surface area (Å²) >= 11 is 0. The number of halogens is 5. The molecule has 0 fully saturated rings. The molecule has 0 nitrogen and oxygen atoms in total. The van der Waals surface area contributed by atoms with Crippen molar-refractivity contribution in [1.82, 2.24) is 0 Å². The zero-order valence-corrected chi connectivity index (χ0v) is 11.6. The van der Waals surface area contributed by atoms with Crippen molar-refractivity contribution in [2.75, 3.05) is 0 Å². The lowest BCUT2D eigenvalue weighted by atomic mass is 9.99. The van der Waals surface area contributed by atoms with Crippen LogP contribution < -0.4 is 0 Å².